The summed E-state index contributed by atoms with van der Waals surface area (Å²) in [5.41, 5.74) is 5.20. The number of nitrogens with zero attached hydrogens (tertiary/aromatic N) is 1. The van der Waals surface area contributed by atoms with E-state index in [1.54, 1.807) is 0 Å². The largest absolute Gasteiger partial charge is 0.376 e. The summed E-state index contributed by atoms with van der Waals surface area (Å²) in [5, 5.41) is 9.65. The Morgan fingerprint density at radius 1 is 1.36 bits per heavy atom. The second kappa shape index (κ2) is 4.04. The van der Waals surface area contributed by atoms with Gasteiger partial charge in [-0.3, -0.25) is 4.90 Å². The van der Waals surface area contributed by atoms with Gasteiger partial charge in [-0.2, -0.15) is 0 Å². The highest BCUT2D eigenvalue weighted by molar-refractivity contribution is 4.81. The first-order valence-electron chi connectivity index (χ1n) is 4.14. The fraction of sp³-hybridized carbons (Fsp3) is 1.00. The van der Waals surface area contributed by atoms with Crippen LogP contribution in [0.5, 0.6) is 0 Å². The summed E-state index contributed by atoms with van der Waals surface area (Å²) in [4.78, 5) is 1.93. The van der Waals surface area contributed by atoms with Crippen LogP contribution in [0.2, 0.25) is 0 Å². The molecule has 1 atom stereocenters. The Morgan fingerprint density at radius 2 is 1.73 bits per heavy atom. The van der Waals surface area contributed by atoms with Gasteiger partial charge in [0.15, 0.2) is 0 Å². The highest BCUT2D eigenvalue weighted by Crippen LogP contribution is 2.09. The minimum Gasteiger partial charge on any atom is -0.376 e. The minimum atomic E-state index is -0.544. The summed E-state index contributed by atoms with van der Waals surface area (Å²) in [6.45, 7) is 9.35. The van der Waals surface area contributed by atoms with E-state index in [4.69, 9.17) is 5.73 Å². The van der Waals surface area contributed by atoms with Crippen molar-refractivity contribution in [2.45, 2.75) is 39.5 Å². The Kier molecular flexibility index (Phi) is 4.00. The van der Waals surface area contributed by atoms with E-state index >= 15 is 0 Å². The lowest BCUT2D eigenvalue weighted by atomic mass is 10.0. The van der Waals surface area contributed by atoms with Crippen LogP contribution in [0.1, 0.15) is 27.7 Å². The van der Waals surface area contributed by atoms with E-state index in [9.17, 15) is 5.11 Å². The molecule has 3 heteroatoms. The minimum absolute atomic E-state index is 0.536. The first-order valence-corrected chi connectivity index (χ1v) is 4.14. The van der Waals surface area contributed by atoms with Gasteiger partial charge in [-0.25, -0.2) is 0 Å². The summed E-state index contributed by atoms with van der Waals surface area (Å²) >= 11 is 0. The zero-order valence-electron chi connectivity index (χ0n) is 7.96. The maximum Gasteiger partial charge on any atom is 0.124 e. The second-order valence-corrected chi connectivity index (χ2v) is 3.42. The molecule has 1 unspecified atom stereocenters. The van der Waals surface area contributed by atoms with Crippen molar-refractivity contribution in [2.75, 3.05) is 13.1 Å². The van der Waals surface area contributed by atoms with E-state index in [1.807, 2.05) is 32.6 Å². The Morgan fingerprint density at radius 3 is 1.82 bits per heavy atom. The number of likely N-dealkylation sites (N-methyl/N-ethyl adjacent to an activating group) is 1. The third-order valence-electron chi connectivity index (χ3n) is 1.82. The summed E-state index contributed by atoms with van der Waals surface area (Å²) < 4.78 is 0. The van der Waals surface area contributed by atoms with Crippen LogP contribution in [0.3, 0.4) is 0 Å². The van der Waals surface area contributed by atoms with E-state index in [2.05, 4.69) is 0 Å². The van der Waals surface area contributed by atoms with Gasteiger partial charge >= 0.3 is 0 Å². The van der Waals surface area contributed by atoms with Crippen molar-refractivity contribution in [1.82, 2.24) is 4.90 Å². The predicted octanol–water partition coefficient (Wildman–Crippen LogP) is 0.384. The molecule has 0 aliphatic rings. The fourth-order valence-corrected chi connectivity index (χ4v) is 1.04. The molecule has 0 aliphatic carbocycles. The van der Waals surface area contributed by atoms with E-state index in [0.717, 1.165) is 13.1 Å². The Labute approximate surface area is 69.2 Å². The summed E-state index contributed by atoms with van der Waals surface area (Å²) in [5.74, 6) is 0. The summed E-state index contributed by atoms with van der Waals surface area (Å²) in [7, 11) is 0. The van der Waals surface area contributed by atoms with Gasteiger partial charge in [-0.1, -0.05) is 13.8 Å². The predicted molar refractivity (Wildman–Crippen MR) is 47.2 cm³/mol. The molecule has 0 radical (unpaired) electrons. The maximum absolute atomic E-state index is 9.65. The topological polar surface area (TPSA) is 49.5 Å². The molecule has 0 aromatic carbocycles. The molecule has 3 N–H and O–H groups in total. The highest BCUT2D eigenvalue weighted by Gasteiger charge is 2.26. The van der Waals surface area contributed by atoms with E-state index < -0.39 is 11.8 Å². The molecule has 3 nitrogen and oxygen atoms in total. The van der Waals surface area contributed by atoms with Crippen molar-refractivity contribution in [3.63, 3.8) is 0 Å². The molecule has 11 heavy (non-hydrogen) atoms. The molecule has 0 bridgehead atoms. The summed E-state index contributed by atoms with van der Waals surface area (Å²) in [6.07, 6.45) is -0.544. The van der Waals surface area contributed by atoms with Crippen LogP contribution in [0.25, 0.3) is 0 Å². The van der Waals surface area contributed by atoms with Gasteiger partial charge in [0.1, 0.15) is 6.23 Å². The van der Waals surface area contributed by atoms with Crippen molar-refractivity contribution >= 4 is 0 Å². The Balaban J connectivity index is 4.09. The van der Waals surface area contributed by atoms with Crippen LogP contribution < -0.4 is 5.73 Å². The van der Waals surface area contributed by atoms with E-state index in [0.29, 0.717) is 0 Å². The zero-order chi connectivity index (χ0) is 9.07. The van der Waals surface area contributed by atoms with Crippen molar-refractivity contribution in [2.24, 2.45) is 5.73 Å². The molecule has 0 amide bonds. The van der Waals surface area contributed by atoms with Crippen LogP contribution >= 0.6 is 0 Å². The number of rotatable bonds is 4. The van der Waals surface area contributed by atoms with Crippen LogP contribution in [0.15, 0.2) is 0 Å². The molecular weight excluding hydrogens is 140 g/mol. The maximum atomic E-state index is 9.65. The third kappa shape index (κ3) is 3.18. The van der Waals surface area contributed by atoms with Crippen LogP contribution in [0.4, 0.5) is 0 Å². The standard InChI is InChI=1S/C8H20N2O/c1-5-10(6-2)7(11)8(3,4)9/h7,11H,5-6,9H2,1-4H3. The molecule has 0 aliphatic heterocycles. The van der Waals surface area contributed by atoms with Gasteiger partial charge in [0.25, 0.3) is 0 Å². The monoisotopic (exact) mass is 160 g/mol. The summed E-state index contributed by atoms with van der Waals surface area (Å²) in [6, 6.07) is 0. The molecule has 0 heterocycles. The third-order valence-corrected chi connectivity index (χ3v) is 1.82. The van der Waals surface area contributed by atoms with Crippen LogP contribution in [0, 0.1) is 0 Å². The molecule has 0 saturated carbocycles. The molecule has 0 fully saturated rings. The van der Waals surface area contributed by atoms with Crippen molar-refractivity contribution in [1.29, 1.82) is 0 Å². The van der Waals surface area contributed by atoms with Gasteiger partial charge in [0, 0.05) is 5.54 Å². The van der Waals surface area contributed by atoms with Gasteiger partial charge in [-0.05, 0) is 26.9 Å². The van der Waals surface area contributed by atoms with Crippen LogP contribution in [-0.2, 0) is 0 Å². The van der Waals surface area contributed by atoms with Gasteiger partial charge in [-0.15, -0.1) is 0 Å². The number of hydrogen-bond donors (Lipinski definition) is 2. The number of nitrogens with two attached hydrogens (primary N) is 1. The highest BCUT2D eigenvalue weighted by atomic mass is 16.3. The van der Waals surface area contributed by atoms with Crippen molar-refractivity contribution in [3.8, 4) is 0 Å². The second-order valence-electron chi connectivity index (χ2n) is 3.42. The molecule has 0 saturated heterocycles. The average Bonchev–Trinajstić information content (AvgIpc) is 1.88. The molecule has 0 rings (SSSR count). The molecular formula is C8H20N2O. The van der Waals surface area contributed by atoms with E-state index in [1.165, 1.54) is 0 Å². The lowest BCUT2D eigenvalue weighted by Crippen LogP contribution is -2.54. The van der Waals surface area contributed by atoms with Crippen LogP contribution in [-0.4, -0.2) is 34.9 Å². The number of aliphatic hydroxyl groups is 1. The molecule has 0 spiro atoms. The number of hydrogen-bond acceptors (Lipinski definition) is 3. The molecule has 68 valence electrons. The number of aliphatic hydroxyl groups excluding tert-OH is 1. The smallest absolute Gasteiger partial charge is 0.124 e. The van der Waals surface area contributed by atoms with Gasteiger partial charge in [0.2, 0.25) is 0 Å². The van der Waals surface area contributed by atoms with E-state index in [-0.39, 0.29) is 0 Å². The first-order chi connectivity index (χ1) is 4.93. The fourth-order valence-electron chi connectivity index (χ4n) is 1.04. The average molecular weight is 160 g/mol. The zero-order valence-corrected chi connectivity index (χ0v) is 7.96. The SMILES string of the molecule is CCN(CC)C(O)C(C)(C)N. The lowest BCUT2D eigenvalue weighted by molar-refractivity contribution is -0.0362. The molecule has 0 aromatic heterocycles. The van der Waals surface area contributed by atoms with Crippen molar-refractivity contribution in [3.05, 3.63) is 0 Å². The molecule has 0 aromatic rings. The lowest BCUT2D eigenvalue weighted by Gasteiger charge is -2.34. The van der Waals surface area contributed by atoms with Crippen molar-refractivity contribution < 1.29 is 5.11 Å². The Bertz CT molecular complexity index is 105. The quantitative estimate of drug-likeness (QED) is 0.585. The first kappa shape index (κ1) is 10.9. The van der Waals surface area contributed by atoms with Gasteiger partial charge in [0.05, 0.1) is 0 Å². The normalized spacial score (nSPS) is 15.5. The Hall–Kier alpha value is -0.120. The van der Waals surface area contributed by atoms with Gasteiger partial charge < -0.3 is 10.8 Å².